The van der Waals surface area contributed by atoms with E-state index in [0.29, 0.717) is 0 Å². The Kier molecular flexibility index (Phi) is 4.72. The molecule has 0 atom stereocenters. The van der Waals surface area contributed by atoms with Gasteiger partial charge in [0.25, 0.3) is 0 Å². The summed E-state index contributed by atoms with van der Waals surface area (Å²) in [5.41, 5.74) is 5.60. The summed E-state index contributed by atoms with van der Waals surface area (Å²) in [5, 5.41) is 0. The van der Waals surface area contributed by atoms with E-state index in [1.54, 1.807) is 0 Å². The first-order chi connectivity index (χ1) is 10.3. The second kappa shape index (κ2) is 6.37. The molecule has 0 fully saturated rings. The van der Waals surface area contributed by atoms with Crippen LogP contribution in [0, 0.1) is 0 Å². The average molecular weight is 295 g/mol. The normalized spacial score (nSPS) is 11.3. The zero-order valence-corrected chi connectivity index (χ0v) is 13.9. The van der Waals surface area contributed by atoms with Gasteiger partial charge < -0.3 is 4.84 Å². The summed E-state index contributed by atoms with van der Waals surface area (Å²) in [6.07, 6.45) is 0.789. The van der Waals surface area contributed by atoms with E-state index in [1.165, 1.54) is 11.1 Å². The van der Waals surface area contributed by atoms with Gasteiger partial charge in [0.1, 0.15) is 0 Å². The lowest BCUT2D eigenvalue weighted by atomic mass is 9.83. The number of allylic oxidation sites excluding steroid dienone is 1. The highest BCUT2D eigenvalue weighted by molar-refractivity contribution is 5.70. The van der Waals surface area contributed by atoms with Crippen LogP contribution in [-0.2, 0) is 11.8 Å². The lowest BCUT2D eigenvalue weighted by Crippen LogP contribution is -2.15. The Morgan fingerprint density at radius 3 is 2.27 bits per heavy atom. The standard InChI is InChI=1S/C20H25NO/c1-14(2)18-13-17(20(3,4)5)12-16(19(18)22-21)11-15-9-7-6-8-10-15/h6-10,12-13H,1,11,21H2,2-5H3. The van der Waals surface area contributed by atoms with Gasteiger partial charge in [0.05, 0.1) is 0 Å². The van der Waals surface area contributed by atoms with Crippen LogP contribution in [0.3, 0.4) is 0 Å². The lowest BCUT2D eigenvalue weighted by Gasteiger charge is -2.23. The minimum Gasteiger partial charge on any atom is -0.411 e. The first-order valence-electron chi connectivity index (χ1n) is 7.57. The van der Waals surface area contributed by atoms with Gasteiger partial charge in [-0.15, -0.1) is 0 Å². The van der Waals surface area contributed by atoms with Gasteiger partial charge in [-0.1, -0.05) is 63.7 Å². The first kappa shape index (κ1) is 16.3. The summed E-state index contributed by atoms with van der Waals surface area (Å²) >= 11 is 0. The molecular weight excluding hydrogens is 270 g/mol. The number of rotatable bonds is 4. The molecule has 0 heterocycles. The van der Waals surface area contributed by atoms with E-state index in [-0.39, 0.29) is 5.41 Å². The van der Waals surface area contributed by atoms with Gasteiger partial charge in [0.15, 0.2) is 5.75 Å². The van der Waals surface area contributed by atoms with Crippen molar-refractivity contribution in [3.8, 4) is 5.75 Å². The molecule has 2 aromatic carbocycles. The maximum Gasteiger partial charge on any atom is 0.157 e. The zero-order chi connectivity index (χ0) is 16.3. The van der Waals surface area contributed by atoms with Crippen molar-refractivity contribution < 1.29 is 4.84 Å². The third-order valence-corrected chi connectivity index (χ3v) is 3.85. The highest BCUT2D eigenvalue weighted by Crippen LogP contribution is 2.35. The summed E-state index contributed by atoms with van der Waals surface area (Å²) in [4.78, 5) is 5.22. The fourth-order valence-corrected chi connectivity index (χ4v) is 2.53. The molecule has 0 aliphatic heterocycles. The highest BCUT2D eigenvalue weighted by Gasteiger charge is 2.20. The second-order valence-electron chi connectivity index (χ2n) is 6.82. The van der Waals surface area contributed by atoms with Crippen LogP contribution < -0.4 is 10.7 Å². The van der Waals surface area contributed by atoms with E-state index in [0.717, 1.165) is 28.9 Å². The number of hydrogen-bond acceptors (Lipinski definition) is 2. The van der Waals surface area contributed by atoms with Crippen LogP contribution in [0.1, 0.15) is 49.9 Å². The molecular formula is C20H25NO. The van der Waals surface area contributed by atoms with Gasteiger partial charge >= 0.3 is 0 Å². The molecule has 0 aliphatic carbocycles. The van der Waals surface area contributed by atoms with Crippen molar-refractivity contribution in [2.45, 2.75) is 39.5 Å². The Labute approximate surface area is 133 Å². The maximum atomic E-state index is 5.56. The Hall–Kier alpha value is -2.06. The van der Waals surface area contributed by atoms with Gasteiger partial charge in [-0.3, -0.25) is 0 Å². The molecule has 0 saturated carbocycles. The Morgan fingerprint density at radius 1 is 1.14 bits per heavy atom. The molecule has 0 bridgehead atoms. The van der Waals surface area contributed by atoms with E-state index >= 15 is 0 Å². The molecule has 22 heavy (non-hydrogen) atoms. The van der Waals surface area contributed by atoms with E-state index in [9.17, 15) is 0 Å². The molecule has 2 N–H and O–H groups in total. The SMILES string of the molecule is C=C(C)c1cc(C(C)(C)C)cc(Cc2ccccc2)c1ON. The van der Waals surface area contributed by atoms with Crippen LogP contribution in [0.2, 0.25) is 0 Å². The van der Waals surface area contributed by atoms with E-state index in [2.05, 4.69) is 51.6 Å². The first-order valence-corrected chi connectivity index (χ1v) is 7.57. The zero-order valence-electron chi connectivity index (χ0n) is 13.9. The minimum absolute atomic E-state index is 0.0583. The van der Waals surface area contributed by atoms with Gasteiger partial charge in [-0.05, 0) is 35.1 Å². The fourth-order valence-electron chi connectivity index (χ4n) is 2.53. The van der Waals surface area contributed by atoms with Crippen molar-refractivity contribution in [1.82, 2.24) is 0 Å². The Morgan fingerprint density at radius 2 is 1.77 bits per heavy atom. The Bertz CT molecular complexity index is 666. The number of benzene rings is 2. The van der Waals surface area contributed by atoms with Crippen molar-refractivity contribution >= 4 is 5.57 Å². The lowest BCUT2D eigenvalue weighted by molar-refractivity contribution is 0.330. The molecule has 2 rings (SSSR count). The molecule has 2 nitrogen and oxygen atoms in total. The molecule has 0 radical (unpaired) electrons. The van der Waals surface area contributed by atoms with Crippen molar-refractivity contribution in [2.24, 2.45) is 5.90 Å². The van der Waals surface area contributed by atoms with Crippen LogP contribution in [0.5, 0.6) is 5.75 Å². The third kappa shape index (κ3) is 3.58. The Balaban J connectivity index is 2.59. The van der Waals surface area contributed by atoms with Crippen LogP contribution in [-0.4, -0.2) is 0 Å². The minimum atomic E-state index is 0.0583. The fraction of sp³-hybridized carbons (Fsp3) is 0.300. The second-order valence-corrected chi connectivity index (χ2v) is 6.82. The molecule has 2 heteroatoms. The summed E-state index contributed by atoms with van der Waals surface area (Å²) in [5.74, 6) is 6.29. The molecule has 0 saturated heterocycles. The van der Waals surface area contributed by atoms with E-state index < -0.39 is 0 Å². The van der Waals surface area contributed by atoms with Gasteiger partial charge in [-0.2, -0.15) is 5.90 Å². The quantitative estimate of drug-likeness (QED) is 0.817. The molecule has 0 aromatic heterocycles. The van der Waals surface area contributed by atoms with Crippen LogP contribution in [0.15, 0.2) is 49.0 Å². The van der Waals surface area contributed by atoms with Crippen molar-refractivity contribution in [2.75, 3.05) is 0 Å². The molecule has 116 valence electrons. The molecule has 0 aliphatic rings. The summed E-state index contributed by atoms with van der Waals surface area (Å²) < 4.78 is 0. The highest BCUT2D eigenvalue weighted by atomic mass is 16.6. The predicted octanol–water partition coefficient (Wildman–Crippen LogP) is 4.86. The van der Waals surface area contributed by atoms with Crippen LogP contribution in [0.4, 0.5) is 0 Å². The summed E-state index contributed by atoms with van der Waals surface area (Å²) in [6.45, 7) is 12.7. The number of hydrogen-bond donors (Lipinski definition) is 1. The van der Waals surface area contributed by atoms with E-state index in [1.807, 2.05) is 25.1 Å². The predicted molar refractivity (Wildman–Crippen MR) is 93.9 cm³/mol. The number of nitrogens with two attached hydrogens (primary N) is 1. The summed E-state index contributed by atoms with van der Waals surface area (Å²) in [7, 11) is 0. The maximum absolute atomic E-state index is 5.56. The molecule has 0 amide bonds. The molecule has 0 spiro atoms. The van der Waals surface area contributed by atoms with Crippen molar-refractivity contribution in [1.29, 1.82) is 0 Å². The van der Waals surface area contributed by atoms with Crippen LogP contribution >= 0.6 is 0 Å². The summed E-state index contributed by atoms with van der Waals surface area (Å²) in [6, 6.07) is 14.7. The van der Waals surface area contributed by atoms with Crippen molar-refractivity contribution in [3.05, 3.63) is 71.3 Å². The van der Waals surface area contributed by atoms with Crippen molar-refractivity contribution in [3.63, 3.8) is 0 Å². The van der Waals surface area contributed by atoms with Gasteiger partial charge in [-0.25, -0.2) is 0 Å². The van der Waals surface area contributed by atoms with Gasteiger partial charge in [0, 0.05) is 17.5 Å². The van der Waals surface area contributed by atoms with Gasteiger partial charge in [0.2, 0.25) is 0 Å². The topological polar surface area (TPSA) is 35.2 Å². The van der Waals surface area contributed by atoms with Crippen LogP contribution in [0.25, 0.3) is 5.57 Å². The van der Waals surface area contributed by atoms with E-state index in [4.69, 9.17) is 10.7 Å². The smallest absolute Gasteiger partial charge is 0.157 e. The third-order valence-electron chi connectivity index (χ3n) is 3.85. The largest absolute Gasteiger partial charge is 0.411 e. The monoisotopic (exact) mass is 295 g/mol. The molecule has 2 aromatic rings. The average Bonchev–Trinajstić information content (AvgIpc) is 2.46. The molecule has 0 unspecified atom stereocenters.